The highest BCUT2D eigenvalue weighted by molar-refractivity contribution is 8.00. The number of carboxylic acid groups (broad SMARTS) is 1. The Bertz CT molecular complexity index is 2160. The number of hydrogen-bond donors (Lipinski definition) is 4. The molecule has 0 radical (unpaired) electrons. The standard InChI is InChI=1S/C37H38N8O9S2/c1-53-27-15-23(6-7-26(27)46)39-28(47)17-43-11-8-20(9-12-43)16-44-13-10-21(33(44)49)14-22-18-55-35-30(34(50)45(35)31(22)36(51)52)41-32(48)29(25-19-56-37(38)40-25)42-54-24-4-2-3-5-24/h6-9,11-12,14-15,19,24,30,35H,2-5,10,13,16-18H2,1H3,(H5-,38,39,40,41,42,46,47,48,51,52)/t30-,35-/m1/s1. The van der Waals surface area contributed by atoms with Gasteiger partial charge in [0.2, 0.25) is 12.5 Å². The van der Waals surface area contributed by atoms with Crippen molar-refractivity contribution in [3.8, 4) is 11.5 Å². The summed E-state index contributed by atoms with van der Waals surface area (Å²) in [6.07, 6.45) is 8.82. The number of oxime groups is 1. The SMILES string of the molecule is COc1cc(NC(=O)C[n+]2ccc(CN3CCC(=CC4=C(C(=O)[O-])N5C(=O)[C@@H](NC(=O)/C(=N\OC6CCCC6)c6csc(N)n6)[C@H]5SC4)C3=O)cc2)ccc1O. The Kier molecular flexibility index (Phi) is 11.2. The van der Waals surface area contributed by atoms with Gasteiger partial charge in [0, 0.05) is 53.7 Å². The van der Waals surface area contributed by atoms with Crippen LogP contribution >= 0.6 is 23.1 Å². The van der Waals surface area contributed by atoms with Gasteiger partial charge in [-0.2, -0.15) is 4.57 Å². The first-order valence-electron chi connectivity index (χ1n) is 17.8. The number of pyridine rings is 1. The van der Waals surface area contributed by atoms with Crippen molar-refractivity contribution in [2.75, 3.05) is 30.5 Å². The average molecular weight is 803 g/mol. The number of phenolic OH excluding ortho intramolecular Hbond substituents is 1. The van der Waals surface area contributed by atoms with E-state index in [0.29, 0.717) is 24.2 Å². The van der Waals surface area contributed by atoms with Gasteiger partial charge in [-0.15, -0.1) is 23.1 Å². The predicted octanol–water partition coefficient (Wildman–Crippen LogP) is 0.792. The van der Waals surface area contributed by atoms with Crippen molar-refractivity contribution < 1.29 is 48.3 Å². The fraction of sp³-hybridized carbons (Fsp3) is 0.351. The molecule has 2 saturated heterocycles. The maximum atomic E-state index is 13.5. The lowest BCUT2D eigenvalue weighted by Crippen LogP contribution is -2.71. The first kappa shape index (κ1) is 38.3. The molecule has 5 heterocycles. The molecule has 17 nitrogen and oxygen atoms in total. The molecule has 5 N–H and O–H groups in total. The minimum atomic E-state index is -1.57. The van der Waals surface area contributed by atoms with Gasteiger partial charge in [0.1, 0.15) is 23.2 Å². The first-order valence-corrected chi connectivity index (χ1v) is 19.7. The zero-order valence-corrected chi connectivity index (χ0v) is 31.8. The van der Waals surface area contributed by atoms with Gasteiger partial charge in [0.25, 0.3) is 17.7 Å². The highest BCUT2D eigenvalue weighted by Gasteiger charge is 2.53. The molecule has 0 bridgehead atoms. The fourth-order valence-electron chi connectivity index (χ4n) is 6.88. The minimum Gasteiger partial charge on any atom is -0.543 e. The number of rotatable bonds is 13. The Hall–Kier alpha value is -5.95. The number of ether oxygens (including phenoxy) is 1. The number of amides is 4. The van der Waals surface area contributed by atoms with Crippen LogP contribution in [0, 0.1) is 0 Å². The van der Waals surface area contributed by atoms with E-state index in [-0.39, 0.29) is 76.1 Å². The molecule has 2 aromatic heterocycles. The second kappa shape index (κ2) is 16.4. The number of carbonyl (C=O) groups excluding carboxylic acids is 5. The van der Waals surface area contributed by atoms with E-state index in [1.807, 2.05) is 0 Å². The lowest BCUT2D eigenvalue weighted by atomic mass is 10.0. The Morgan fingerprint density at radius 2 is 1.95 bits per heavy atom. The maximum absolute atomic E-state index is 13.5. The van der Waals surface area contributed by atoms with E-state index in [0.717, 1.165) is 47.5 Å². The van der Waals surface area contributed by atoms with E-state index in [9.17, 15) is 34.2 Å². The van der Waals surface area contributed by atoms with Gasteiger partial charge in [0.15, 0.2) is 34.7 Å². The summed E-state index contributed by atoms with van der Waals surface area (Å²) in [5.41, 5.74) is 7.48. The molecule has 1 saturated carbocycles. The van der Waals surface area contributed by atoms with Crippen LogP contribution in [0.5, 0.6) is 11.5 Å². The predicted molar refractivity (Wildman–Crippen MR) is 202 cm³/mol. The van der Waals surface area contributed by atoms with Crippen LogP contribution in [0.1, 0.15) is 43.4 Å². The van der Waals surface area contributed by atoms with Gasteiger partial charge >= 0.3 is 0 Å². The summed E-state index contributed by atoms with van der Waals surface area (Å²) in [4.78, 5) is 77.9. The number of carboxylic acids is 1. The number of thioether (sulfide) groups is 1. The molecule has 3 aliphatic heterocycles. The van der Waals surface area contributed by atoms with Gasteiger partial charge in [-0.3, -0.25) is 24.1 Å². The third-order valence-corrected chi connectivity index (χ3v) is 11.7. The first-order chi connectivity index (χ1) is 27.0. The molecule has 292 valence electrons. The number of phenols is 1. The number of nitrogens with two attached hydrogens (primary N) is 1. The smallest absolute Gasteiger partial charge is 0.290 e. The minimum absolute atomic E-state index is 0.0210. The van der Waals surface area contributed by atoms with Crippen LogP contribution in [-0.4, -0.2) is 92.1 Å². The van der Waals surface area contributed by atoms with E-state index < -0.39 is 29.2 Å². The Morgan fingerprint density at radius 1 is 1.18 bits per heavy atom. The summed E-state index contributed by atoms with van der Waals surface area (Å²) in [6, 6.07) is 7.05. The van der Waals surface area contributed by atoms with Gasteiger partial charge in [-0.1, -0.05) is 5.16 Å². The van der Waals surface area contributed by atoms with Crippen molar-refractivity contribution in [1.82, 2.24) is 20.1 Å². The van der Waals surface area contributed by atoms with E-state index >= 15 is 0 Å². The Morgan fingerprint density at radius 3 is 2.64 bits per heavy atom. The van der Waals surface area contributed by atoms with E-state index in [2.05, 4.69) is 20.8 Å². The van der Waals surface area contributed by atoms with Crippen LogP contribution in [0.4, 0.5) is 10.8 Å². The zero-order valence-electron chi connectivity index (χ0n) is 30.1. The molecule has 3 aromatic rings. The van der Waals surface area contributed by atoms with Crippen molar-refractivity contribution in [3.63, 3.8) is 0 Å². The number of nitrogens with one attached hydrogen (secondary N) is 2. The van der Waals surface area contributed by atoms with Crippen LogP contribution in [0.2, 0.25) is 0 Å². The number of nitrogens with zero attached hydrogens (tertiary/aromatic N) is 5. The summed E-state index contributed by atoms with van der Waals surface area (Å²) in [7, 11) is 1.42. The molecule has 3 fully saturated rings. The third kappa shape index (κ3) is 8.18. The number of thiazole rings is 1. The van der Waals surface area contributed by atoms with Crippen molar-refractivity contribution >= 4 is 69.2 Å². The number of aromatic hydroxyl groups is 1. The molecule has 0 unspecified atom stereocenters. The molecule has 1 aliphatic carbocycles. The molecule has 4 amide bonds. The second-order valence-electron chi connectivity index (χ2n) is 13.5. The number of nitrogen functional groups attached to an aromatic ring is 1. The number of likely N-dealkylation sites (tertiary alicyclic amines) is 1. The number of carbonyl (C=O) groups is 5. The van der Waals surface area contributed by atoms with Crippen molar-refractivity contribution in [2.24, 2.45) is 5.16 Å². The summed E-state index contributed by atoms with van der Waals surface area (Å²) >= 11 is 2.38. The summed E-state index contributed by atoms with van der Waals surface area (Å²) in [6.45, 7) is 0.709. The lowest BCUT2D eigenvalue weighted by molar-refractivity contribution is -0.684. The van der Waals surface area contributed by atoms with Gasteiger partial charge in [0.05, 0.1) is 18.8 Å². The number of allylic oxidation sites excluding steroid dienone is 1. The Labute approximate surface area is 328 Å². The summed E-state index contributed by atoms with van der Waals surface area (Å²) in [5, 5.41) is 32.8. The topological polar surface area (TPSA) is 233 Å². The highest BCUT2D eigenvalue weighted by atomic mass is 32.2. The van der Waals surface area contributed by atoms with Gasteiger partial charge in [-0.05, 0) is 61.4 Å². The molecular weight excluding hydrogens is 765 g/mol. The maximum Gasteiger partial charge on any atom is 0.290 e. The number of fused-ring (bicyclic) bond motifs is 1. The fourth-order valence-corrected chi connectivity index (χ4v) is 8.73. The molecule has 19 heteroatoms. The van der Waals surface area contributed by atoms with Crippen LogP contribution < -0.4 is 30.8 Å². The largest absolute Gasteiger partial charge is 0.543 e. The monoisotopic (exact) mass is 802 g/mol. The normalized spacial score (nSPS) is 20.6. The van der Waals surface area contributed by atoms with Crippen molar-refractivity contribution in [3.05, 3.63) is 82.3 Å². The van der Waals surface area contributed by atoms with Crippen molar-refractivity contribution in [2.45, 2.75) is 62.7 Å². The third-order valence-electron chi connectivity index (χ3n) is 9.74. The van der Waals surface area contributed by atoms with Crippen LogP contribution in [0.3, 0.4) is 0 Å². The van der Waals surface area contributed by atoms with Crippen LogP contribution in [-0.2, 0) is 41.9 Å². The number of anilines is 2. The number of hydrogen-bond acceptors (Lipinski definition) is 14. The number of β-lactam (4-membered cyclic amide) rings is 1. The van der Waals surface area contributed by atoms with Crippen LogP contribution in [0.15, 0.2) is 76.2 Å². The van der Waals surface area contributed by atoms with Crippen LogP contribution in [0.25, 0.3) is 0 Å². The van der Waals surface area contributed by atoms with E-state index in [1.165, 1.54) is 37.1 Å². The summed E-state index contributed by atoms with van der Waals surface area (Å²) in [5.74, 6) is -3.12. The molecular formula is C37H38N8O9S2. The number of aromatic nitrogens is 2. The molecule has 4 aliphatic rings. The molecule has 7 rings (SSSR count). The number of aliphatic carboxylic acids is 1. The zero-order chi connectivity index (χ0) is 39.5. The lowest BCUT2D eigenvalue weighted by Gasteiger charge is -2.50. The number of methoxy groups -OCH3 is 1. The van der Waals surface area contributed by atoms with Gasteiger partial charge < -0.3 is 45.8 Å². The van der Waals surface area contributed by atoms with Gasteiger partial charge in [-0.25, -0.2) is 4.98 Å². The molecule has 1 aromatic carbocycles. The number of benzene rings is 1. The summed E-state index contributed by atoms with van der Waals surface area (Å²) < 4.78 is 6.76. The molecule has 56 heavy (non-hydrogen) atoms. The Balaban J connectivity index is 0.973. The quantitative estimate of drug-likeness (QED) is 0.0470. The second-order valence-corrected chi connectivity index (χ2v) is 15.5. The molecule has 0 spiro atoms. The van der Waals surface area contributed by atoms with Crippen molar-refractivity contribution in [1.29, 1.82) is 0 Å². The molecule has 2 atom stereocenters. The van der Waals surface area contributed by atoms with E-state index in [4.69, 9.17) is 15.3 Å². The van der Waals surface area contributed by atoms with E-state index in [1.54, 1.807) is 45.4 Å². The average Bonchev–Trinajstić information content (AvgIpc) is 3.94. The highest BCUT2D eigenvalue weighted by Crippen LogP contribution is 2.41.